The topological polar surface area (TPSA) is 21.3 Å². The van der Waals surface area contributed by atoms with Crippen molar-refractivity contribution in [2.24, 2.45) is 0 Å². The van der Waals surface area contributed by atoms with E-state index in [4.69, 9.17) is 4.74 Å². The smallest absolute Gasteiger partial charge is 0.134 e. The maximum Gasteiger partial charge on any atom is 0.134 e. The van der Waals surface area contributed by atoms with Crippen LogP contribution in [0.3, 0.4) is 0 Å². The lowest BCUT2D eigenvalue weighted by Gasteiger charge is -2.07. The number of methoxy groups -OCH3 is 1. The van der Waals surface area contributed by atoms with Gasteiger partial charge in [-0.05, 0) is 31.5 Å². The predicted molar refractivity (Wildman–Crippen MR) is 63.0 cm³/mol. The highest BCUT2D eigenvalue weighted by molar-refractivity contribution is 5.58. The minimum atomic E-state index is -0.242. The molecule has 0 saturated carbocycles. The normalized spacial score (nSPS) is 20.5. The fourth-order valence-corrected chi connectivity index (χ4v) is 1.95. The molecule has 0 amide bonds. The first-order chi connectivity index (χ1) is 7.81. The van der Waals surface area contributed by atoms with E-state index in [1.54, 1.807) is 25.3 Å². The number of ether oxygens (including phenoxy) is 1. The second kappa shape index (κ2) is 5.12. The van der Waals surface area contributed by atoms with Gasteiger partial charge in [0.05, 0.1) is 12.7 Å². The van der Waals surface area contributed by atoms with E-state index in [-0.39, 0.29) is 5.82 Å². The number of benzene rings is 1. The van der Waals surface area contributed by atoms with Gasteiger partial charge < -0.3 is 10.1 Å². The Kier molecular flexibility index (Phi) is 3.57. The molecule has 2 nitrogen and oxygen atoms in total. The third kappa shape index (κ3) is 2.42. The van der Waals surface area contributed by atoms with Gasteiger partial charge in [-0.15, -0.1) is 0 Å². The second-order valence-corrected chi connectivity index (χ2v) is 3.92. The van der Waals surface area contributed by atoms with E-state index in [0.29, 0.717) is 17.4 Å². The van der Waals surface area contributed by atoms with Crippen molar-refractivity contribution in [1.82, 2.24) is 5.32 Å². The lowest BCUT2D eigenvalue weighted by Crippen LogP contribution is -2.18. The third-order valence-corrected chi connectivity index (χ3v) is 2.83. The summed E-state index contributed by atoms with van der Waals surface area (Å²) < 4.78 is 18.7. The van der Waals surface area contributed by atoms with Crippen LogP contribution in [0.15, 0.2) is 24.3 Å². The Hall–Kier alpha value is -1.35. The number of halogens is 1. The summed E-state index contributed by atoms with van der Waals surface area (Å²) in [6.07, 6.45) is 6.11. The average Bonchev–Trinajstić information content (AvgIpc) is 2.80. The quantitative estimate of drug-likeness (QED) is 0.847. The Labute approximate surface area is 95.1 Å². The molecule has 2 rings (SSSR count). The number of rotatable bonds is 3. The van der Waals surface area contributed by atoms with Crippen LogP contribution >= 0.6 is 0 Å². The van der Waals surface area contributed by atoms with Crippen molar-refractivity contribution in [3.63, 3.8) is 0 Å². The molecular weight excluding hydrogens is 205 g/mol. The van der Waals surface area contributed by atoms with Gasteiger partial charge in [0.15, 0.2) is 0 Å². The van der Waals surface area contributed by atoms with E-state index >= 15 is 0 Å². The summed E-state index contributed by atoms with van der Waals surface area (Å²) in [4.78, 5) is 0. The first-order valence-electron chi connectivity index (χ1n) is 5.55. The molecular formula is C13H16FNO. The molecule has 0 aromatic heterocycles. The molecule has 1 aliphatic rings. The van der Waals surface area contributed by atoms with Gasteiger partial charge in [-0.25, -0.2) is 4.39 Å². The number of hydrogen-bond acceptors (Lipinski definition) is 2. The van der Waals surface area contributed by atoms with Crippen molar-refractivity contribution >= 4 is 6.08 Å². The van der Waals surface area contributed by atoms with E-state index in [0.717, 1.165) is 13.0 Å². The first kappa shape index (κ1) is 11.1. The Bertz CT molecular complexity index is 384. The molecule has 1 unspecified atom stereocenters. The fraction of sp³-hybridized carbons (Fsp3) is 0.385. The average molecular weight is 221 g/mol. The standard InChI is InChI=1S/C13H16FNO/c1-16-13-6-2-5-12(14)11(13)8-7-10-4-3-9-15-10/h2,5-8,10,15H,3-4,9H2,1H3/b8-7+. The molecule has 1 heterocycles. The van der Waals surface area contributed by atoms with Crippen LogP contribution in [-0.2, 0) is 0 Å². The molecule has 0 aliphatic carbocycles. The predicted octanol–water partition coefficient (Wildman–Crippen LogP) is 2.60. The van der Waals surface area contributed by atoms with Crippen molar-refractivity contribution in [2.45, 2.75) is 18.9 Å². The molecule has 0 radical (unpaired) electrons. The van der Waals surface area contributed by atoms with Crippen molar-refractivity contribution in [2.75, 3.05) is 13.7 Å². The van der Waals surface area contributed by atoms with E-state index < -0.39 is 0 Å². The van der Waals surface area contributed by atoms with Gasteiger partial charge in [-0.1, -0.05) is 18.2 Å². The fourth-order valence-electron chi connectivity index (χ4n) is 1.95. The molecule has 1 aromatic rings. The molecule has 1 aliphatic heterocycles. The van der Waals surface area contributed by atoms with Gasteiger partial charge in [0.1, 0.15) is 11.6 Å². The number of hydrogen-bond donors (Lipinski definition) is 1. The van der Waals surface area contributed by atoms with Gasteiger partial charge in [-0.2, -0.15) is 0 Å². The molecule has 1 saturated heterocycles. The van der Waals surface area contributed by atoms with Crippen LogP contribution in [0.4, 0.5) is 4.39 Å². The van der Waals surface area contributed by atoms with Gasteiger partial charge in [-0.3, -0.25) is 0 Å². The zero-order chi connectivity index (χ0) is 11.4. The Balaban J connectivity index is 2.18. The number of nitrogens with one attached hydrogen (secondary N) is 1. The molecule has 1 N–H and O–H groups in total. The van der Waals surface area contributed by atoms with Crippen molar-refractivity contribution < 1.29 is 9.13 Å². The van der Waals surface area contributed by atoms with Gasteiger partial charge in [0, 0.05) is 6.04 Å². The Morgan fingerprint density at radius 1 is 1.50 bits per heavy atom. The van der Waals surface area contributed by atoms with Crippen LogP contribution < -0.4 is 10.1 Å². The molecule has 3 heteroatoms. The van der Waals surface area contributed by atoms with Crippen LogP contribution in [0.5, 0.6) is 5.75 Å². The summed E-state index contributed by atoms with van der Waals surface area (Å²) in [5, 5.41) is 3.33. The summed E-state index contributed by atoms with van der Waals surface area (Å²) in [5.41, 5.74) is 0.527. The van der Waals surface area contributed by atoms with Crippen LogP contribution in [0, 0.1) is 5.82 Å². The minimum absolute atomic E-state index is 0.242. The summed E-state index contributed by atoms with van der Waals surface area (Å²) >= 11 is 0. The van der Waals surface area contributed by atoms with Gasteiger partial charge in [0.2, 0.25) is 0 Å². The lowest BCUT2D eigenvalue weighted by atomic mass is 10.1. The van der Waals surface area contributed by atoms with Crippen molar-refractivity contribution in [1.29, 1.82) is 0 Å². The van der Waals surface area contributed by atoms with Gasteiger partial charge >= 0.3 is 0 Å². The Morgan fingerprint density at radius 3 is 3.06 bits per heavy atom. The van der Waals surface area contributed by atoms with E-state index in [1.807, 2.05) is 6.08 Å². The van der Waals surface area contributed by atoms with Gasteiger partial charge in [0.25, 0.3) is 0 Å². The summed E-state index contributed by atoms with van der Waals surface area (Å²) in [7, 11) is 1.56. The molecule has 0 spiro atoms. The highest BCUT2D eigenvalue weighted by Crippen LogP contribution is 2.23. The molecule has 16 heavy (non-hydrogen) atoms. The van der Waals surface area contributed by atoms with Crippen molar-refractivity contribution in [3.8, 4) is 5.75 Å². The molecule has 1 aromatic carbocycles. The van der Waals surface area contributed by atoms with E-state index in [2.05, 4.69) is 5.32 Å². The van der Waals surface area contributed by atoms with Crippen molar-refractivity contribution in [3.05, 3.63) is 35.7 Å². The molecule has 1 fully saturated rings. The maximum absolute atomic E-state index is 13.6. The summed E-state index contributed by atoms with van der Waals surface area (Å²) in [6, 6.07) is 5.23. The molecule has 0 bridgehead atoms. The highest BCUT2D eigenvalue weighted by atomic mass is 19.1. The highest BCUT2D eigenvalue weighted by Gasteiger charge is 2.11. The monoisotopic (exact) mass is 221 g/mol. The third-order valence-electron chi connectivity index (χ3n) is 2.83. The zero-order valence-electron chi connectivity index (χ0n) is 9.37. The lowest BCUT2D eigenvalue weighted by molar-refractivity contribution is 0.410. The summed E-state index contributed by atoms with van der Waals surface area (Å²) in [5.74, 6) is 0.336. The minimum Gasteiger partial charge on any atom is -0.496 e. The zero-order valence-corrected chi connectivity index (χ0v) is 9.37. The van der Waals surface area contributed by atoms with Crippen LogP contribution in [0.2, 0.25) is 0 Å². The second-order valence-electron chi connectivity index (χ2n) is 3.92. The molecule has 86 valence electrons. The van der Waals surface area contributed by atoms with E-state index in [9.17, 15) is 4.39 Å². The summed E-state index contributed by atoms with van der Waals surface area (Å²) in [6.45, 7) is 1.05. The van der Waals surface area contributed by atoms with Crippen LogP contribution in [-0.4, -0.2) is 19.7 Å². The van der Waals surface area contributed by atoms with Crippen LogP contribution in [0.25, 0.3) is 6.08 Å². The Morgan fingerprint density at radius 2 is 2.38 bits per heavy atom. The SMILES string of the molecule is COc1cccc(F)c1/C=C/C1CCCN1. The first-order valence-corrected chi connectivity index (χ1v) is 5.55. The van der Waals surface area contributed by atoms with E-state index in [1.165, 1.54) is 12.5 Å². The largest absolute Gasteiger partial charge is 0.496 e. The van der Waals surface area contributed by atoms with Crippen LogP contribution in [0.1, 0.15) is 18.4 Å². The maximum atomic E-state index is 13.6. The molecule has 1 atom stereocenters.